The number of nitrogens with zero attached hydrogens (tertiary/aromatic N) is 1. The summed E-state index contributed by atoms with van der Waals surface area (Å²) in [5.74, 6) is 1.55. The Hall–Kier alpha value is -2.15. The minimum absolute atomic E-state index is 0.0938. The summed E-state index contributed by atoms with van der Waals surface area (Å²) in [5.41, 5.74) is 2.74. The van der Waals surface area contributed by atoms with E-state index in [1.54, 1.807) is 7.11 Å². The maximum Gasteiger partial charge on any atom is 0.226 e. The second-order valence-corrected chi connectivity index (χ2v) is 15.5. The van der Waals surface area contributed by atoms with E-state index in [0.29, 0.717) is 24.3 Å². The van der Waals surface area contributed by atoms with Crippen molar-refractivity contribution in [3.8, 4) is 5.75 Å². The normalized spacial score (nSPS) is 25.2. The number of aryl methyl sites for hydroxylation is 1. The van der Waals surface area contributed by atoms with E-state index in [-0.39, 0.29) is 24.7 Å². The molecule has 0 spiro atoms. The second-order valence-electron chi connectivity index (χ2n) is 10.8. The molecule has 1 amide bonds. The fourth-order valence-electron chi connectivity index (χ4n) is 6.27. The number of carbonyl (C=O) groups is 1. The van der Waals surface area contributed by atoms with Crippen molar-refractivity contribution in [2.24, 2.45) is 5.92 Å². The Balaban J connectivity index is 1.43. The molecule has 2 aromatic carbocycles. The van der Waals surface area contributed by atoms with E-state index < -0.39 is 8.07 Å². The zero-order valence-corrected chi connectivity index (χ0v) is 22.7. The Morgan fingerprint density at radius 2 is 1.74 bits per heavy atom. The van der Waals surface area contributed by atoms with Crippen molar-refractivity contribution in [1.29, 1.82) is 0 Å². The number of hydrogen-bond donors (Lipinski definition) is 1. The molecule has 4 rings (SSSR count). The maximum atomic E-state index is 12.2. The molecule has 1 N–H and O–H groups in total. The maximum absolute atomic E-state index is 12.2. The monoisotopic (exact) mass is 495 g/mol. The van der Waals surface area contributed by atoms with Crippen LogP contribution in [-0.2, 0) is 16.0 Å². The highest BCUT2D eigenvalue weighted by atomic mass is 28.3. The molecular weight excluding hydrogens is 454 g/mol. The highest BCUT2D eigenvalue weighted by molar-refractivity contribution is 6.91. The van der Waals surface area contributed by atoms with Crippen LogP contribution in [0.3, 0.4) is 0 Å². The van der Waals surface area contributed by atoms with E-state index in [2.05, 4.69) is 68.5 Å². The zero-order valence-electron chi connectivity index (χ0n) is 21.7. The van der Waals surface area contributed by atoms with Crippen LogP contribution in [0.4, 0.5) is 5.69 Å². The molecule has 4 atom stereocenters. The molecular formula is C29H41NO4Si. The number of piperidine rings is 1. The Labute approximate surface area is 211 Å². The first-order valence-electron chi connectivity index (χ1n) is 13.1. The molecule has 2 heterocycles. The molecule has 5 nitrogen and oxygen atoms in total. The van der Waals surface area contributed by atoms with Crippen LogP contribution in [0, 0.1) is 5.92 Å². The topological polar surface area (TPSA) is 59.0 Å². The minimum Gasteiger partial charge on any atom is -0.497 e. The molecule has 0 aromatic heterocycles. The van der Waals surface area contributed by atoms with E-state index in [1.165, 1.54) is 10.8 Å². The van der Waals surface area contributed by atoms with Crippen LogP contribution in [-0.4, -0.2) is 51.6 Å². The predicted octanol–water partition coefficient (Wildman–Crippen LogP) is 4.92. The standard InChI is InChI=1S/C29H41NO4Si/c1-21-26(17-10-22-8-11-23(12-9-22)30-19-6-5-7-28(30)32)34-27(18-20-31)29(21)35(3,4)25-15-13-24(33-2)14-16-25/h8-9,11-16,21,26-27,29,31H,5-7,10,17-20H2,1-4H3/t21-,26+,27-,29+/m1/s1. The van der Waals surface area contributed by atoms with Crippen molar-refractivity contribution in [2.45, 2.75) is 76.3 Å². The van der Waals surface area contributed by atoms with Crippen LogP contribution in [0.25, 0.3) is 0 Å². The lowest BCUT2D eigenvalue weighted by molar-refractivity contribution is -0.119. The molecule has 0 unspecified atom stereocenters. The van der Waals surface area contributed by atoms with Gasteiger partial charge in [-0.1, -0.05) is 49.5 Å². The van der Waals surface area contributed by atoms with Crippen molar-refractivity contribution in [3.63, 3.8) is 0 Å². The van der Waals surface area contributed by atoms with Gasteiger partial charge < -0.3 is 19.5 Å². The van der Waals surface area contributed by atoms with Gasteiger partial charge in [-0.2, -0.15) is 0 Å². The van der Waals surface area contributed by atoms with Gasteiger partial charge in [0.25, 0.3) is 0 Å². The number of aliphatic hydroxyl groups excluding tert-OH is 1. The lowest BCUT2D eigenvalue weighted by atomic mass is 9.95. The van der Waals surface area contributed by atoms with Gasteiger partial charge in [0.1, 0.15) is 5.75 Å². The van der Waals surface area contributed by atoms with Gasteiger partial charge in [-0.15, -0.1) is 0 Å². The first kappa shape index (κ1) is 25.9. The molecule has 2 aromatic rings. The van der Waals surface area contributed by atoms with Gasteiger partial charge in [0.05, 0.1) is 27.4 Å². The summed E-state index contributed by atoms with van der Waals surface area (Å²) in [6, 6.07) is 17.1. The van der Waals surface area contributed by atoms with Crippen LogP contribution in [0.15, 0.2) is 48.5 Å². The number of benzene rings is 2. The van der Waals surface area contributed by atoms with Crippen molar-refractivity contribution < 1.29 is 19.4 Å². The van der Waals surface area contributed by atoms with Gasteiger partial charge in [-0.25, -0.2) is 0 Å². The van der Waals surface area contributed by atoms with E-state index in [0.717, 1.165) is 43.7 Å². The van der Waals surface area contributed by atoms with E-state index in [4.69, 9.17) is 9.47 Å². The van der Waals surface area contributed by atoms with Crippen LogP contribution < -0.4 is 14.8 Å². The summed E-state index contributed by atoms with van der Waals surface area (Å²) in [6.07, 6.45) is 5.63. The zero-order chi connectivity index (χ0) is 25.0. The summed E-state index contributed by atoms with van der Waals surface area (Å²) in [6.45, 7) is 8.20. The first-order valence-corrected chi connectivity index (χ1v) is 16.2. The van der Waals surface area contributed by atoms with E-state index >= 15 is 0 Å². The second kappa shape index (κ2) is 11.3. The van der Waals surface area contributed by atoms with Gasteiger partial charge in [0.15, 0.2) is 0 Å². The lowest BCUT2D eigenvalue weighted by Gasteiger charge is -2.36. The molecule has 2 saturated heterocycles. The molecule has 190 valence electrons. The Morgan fingerprint density at radius 1 is 1.03 bits per heavy atom. The minimum atomic E-state index is -1.86. The SMILES string of the molecule is COc1ccc([Si](C)(C)[C@H]2[C@H](C)[C@H](CCc3ccc(N4CCCCC4=O)cc3)O[C@@H]2CCO)cc1. The number of ether oxygens (including phenoxy) is 2. The van der Waals surface area contributed by atoms with Crippen LogP contribution in [0.1, 0.15) is 44.6 Å². The molecule has 0 aliphatic carbocycles. The first-order chi connectivity index (χ1) is 16.8. The molecule has 2 aliphatic heterocycles. The number of carbonyl (C=O) groups excluding carboxylic acids is 1. The molecule has 35 heavy (non-hydrogen) atoms. The predicted molar refractivity (Wildman–Crippen MR) is 144 cm³/mol. The summed E-state index contributed by atoms with van der Waals surface area (Å²) in [7, 11) is -0.157. The Kier molecular flexibility index (Phi) is 8.35. The summed E-state index contributed by atoms with van der Waals surface area (Å²) in [4.78, 5) is 14.2. The quantitative estimate of drug-likeness (QED) is 0.502. The fourth-order valence-corrected chi connectivity index (χ4v) is 10.4. The fraction of sp³-hybridized carbons (Fsp3) is 0.552. The average Bonchev–Trinajstić information content (AvgIpc) is 3.19. The lowest BCUT2D eigenvalue weighted by Crippen LogP contribution is -2.50. The molecule has 0 bridgehead atoms. The van der Waals surface area contributed by atoms with Crippen LogP contribution in [0.5, 0.6) is 5.75 Å². The number of aliphatic hydroxyl groups is 1. The number of anilines is 1. The summed E-state index contributed by atoms with van der Waals surface area (Å²) < 4.78 is 12.0. The number of rotatable bonds is 9. The highest BCUT2D eigenvalue weighted by Gasteiger charge is 2.50. The van der Waals surface area contributed by atoms with Crippen molar-refractivity contribution in [3.05, 3.63) is 54.1 Å². The number of methoxy groups -OCH3 is 1. The van der Waals surface area contributed by atoms with Crippen LogP contribution >= 0.6 is 0 Å². The third kappa shape index (κ3) is 5.65. The average molecular weight is 496 g/mol. The van der Waals surface area contributed by atoms with Gasteiger partial charge in [0, 0.05) is 25.3 Å². The van der Waals surface area contributed by atoms with Gasteiger partial charge in [-0.05, 0) is 73.4 Å². The molecule has 0 saturated carbocycles. The van der Waals surface area contributed by atoms with E-state index in [1.807, 2.05) is 4.90 Å². The van der Waals surface area contributed by atoms with E-state index in [9.17, 15) is 9.90 Å². The molecule has 0 radical (unpaired) electrons. The van der Waals surface area contributed by atoms with Crippen molar-refractivity contribution >= 4 is 24.9 Å². The third-order valence-electron chi connectivity index (χ3n) is 8.27. The molecule has 2 aliphatic rings. The van der Waals surface area contributed by atoms with Crippen molar-refractivity contribution in [2.75, 3.05) is 25.2 Å². The van der Waals surface area contributed by atoms with Gasteiger partial charge >= 0.3 is 0 Å². The smallest absolute Gasteiger partial charge is 0.226 e. The highest BCUT2D eigenvalue weighted by Crippen LogP contribution is 2.46. The number of amides is 1. The van der Waals surface area contributed by atoms with Gasteiger partial charge in [-0.3, -0.25) is 4.79 Å². The summed E-state index contributed by atoms with van der Waals surface area (Å²) in [5, 5.41) is 11.2. The number of hydrogen-bond acceptors (Lipinski definition) is 4. The molecule has 2 fully saturated rings. The Morgan fingerprint density at radius 3 is 2.37 bits per heavy atom. The van der Waals surface area contributed by atoms with Crippen LogP contribution in [0.2, 0.25) is 18.6 Å². The molecule has 6 heteroatoms. The largest absolute Gasteiger partial charge is 0.497 e. The third-order valence-corrected chi connectivity index (χ3v) is 12.7. The summed E-state index contributed by atoms with van der Waals surface area (Å²) >= 11 is 0. The van der Waals surface area contributed by atoms with Gasteiger partial charge in [0.2, 0.25) is 5.91 Å². The Bertz CT molecular complexity index is 975. The van der Waals surface area contributed by atoms with Crippen molar-refractivity contribution in [1.82, 2.24) is 0 Å².